The lowest BCUT2D eigenvalue weighted by atomic mass is 9.56. The lowest BCUT2D eigenvalue weighted by Crippen LogP contribution is -2.67. The smallest absolute Gasteiger partial charge is 0.303 e. The Morgan fingerprint density at radius 3 is 2.63 bits per heavy atom. The van der Waals surface area contributed by atoms with Crippen LogP contribution in [0.4, 0.5) is 0 Å². The molecule has 1 unspecified atom stereocenters. The molecule has 4 N–H and O–H groups in total. The van der Waals surface area contributed by atoms with Crippen molar-refractivity contribution in [2.45, 2.75) is 108 Å². The number of hydrogen-bond acceptors (Lipinski definition) is 8. The SMILES string of the molecule is CCC=CC[C@H]1[C@H](CC(=O)[C@H](O)CCCCCCCC(=O)O)O[C@@]2(O)CC13C(=NC[C@@H]3O)CC2=O. The Kier molecular flexibility index (Phi) is 9.37. The summed E-state index contributed by atoms with van der Waals surface area (Å²) in [6.07, 6.45) is 6.20. The molecule has 0 aromatic heterocycles. The van der Waals surface area contributed by atoms with Crippen molar-refractivity contribution in [3.05, 3.63) is 12.2 Å². The molecule has 35 heavy (non-hydrogen) atoms. The van der Waals surface area contributed by atoms with Gasteiger partial charge in [0, 0.05) is 36.3 Å². The Bertz CT molecular complexity index is 854. The van der Waals surface area contributed by atoms with Crippen molar-refractivity contribution >= 4 is 23.2 Å². The first-order chi connectivity index (χ1) is 16.6. The molecule has 2 fully saturated rings. The fourth-order valence-electron chi connectivity index (χ4n) is 5.88. The van der Waals surface area contributed by atoms with Crippen LogP contribution in [0.5, 0.6) is 0 Å². The molecule has 2 aliphatic heterocycles. The summed E-state index contributed by atoms with van der Waals surface area (Å²) >= 11 is 0. The molecule has 0 amide bonds. The molecule has 2 bridgehead atoms. The molecule has 6 atom stereocenters. The minimum absolute atomic E-state index is 0.0708. The molecule has 1 saturated carbocycles. The number of hydrogen-bond donors (Lipinski definition) is 4. The Labute approximate surface area is 206 Å². The van der Waals surface area contributed by atoms with Crippen molar-refractivity contribution in [3.63, 3.8) is 0 Å². The van der Waals surface area contributed by atoms with Crippen LogP contribution in [0.2, 0.25) is 0 Å². The average Bonchev–Trinajstić information content (AvgIpc) is 3.10. The monoisotopic (exact) mass is 493 g/mol. The Hall–Kier alpha value is -1.94. The van der Waals surface area contributed by atoms with Crippen molar-refractivity contribution in [2.24, 2.45) is 16.3 Å². The highest BCUT2D eigenvalue weighted by Gasteiger charge is 2.67. The number of ketones is 2. The fourth-order valence-corrected chi connectivity index (χ4v) is 5.88. The van der Waals surface area contributed by atoms with Gasteiger partial charge in [-0.05, 0) is 25.7 Å². The predicted molar refractivity (Wildman–Crippen MR) is 128 cm³/mol. The van der Waals surface area contributed by atoms with E-state index in [-0.39, 0.29) is 44.6 Å². The van der Waals surface area contributed by atoms with Crippen LogP contribution in [0, 0.1) is 11.3 Å². The number of carbonyl (C=O) groups excluding carboxylic acids is 2. The van der Waals surface area contributed by atoms with Crippen LogP contribution >= 0.6 is 0 Å². The van der Waals surface area contributed by atoms with Gasteiger partial charge in [-0.3, -0.25) is 19.4 Å². The van der Waals surface area contributed by atoms with E-state index < -0.39 is 47.0 Å². The first-order valence-corrected chi connectivity index (χ1v) is 12.9. The number of carboxylic acid groups (broad SMARTS) is 1. The molecular formula is C26H39NO8. The van der Waals surface area contributed by atoms with Gasteiger partial charge in [0.2, 0.25) is 5.79 Å². The van der Waals surface area contributed by atoms with Gasteiger partial charge in [-0.25, -0.2) is 0 Å². The number of aliphatic hydroxyl groups excluding tert-OH is 2. The number of rotatable bonds is 14. The van der Waals surface area contributed by atoms with Gasteiger partial charge in [0.1, 0.15) is 6.10 Å². The van der Waals surface area contributed by atoms with E-state index in [4.69, 9.17) is 9.84 Å². The fraction of sp³-hybridized carbons (Fsp3) is 0.769. The predicted octanol–water partition coefficient (Wildman–Crippen LogP) is 2.35. The van der Waals surface area contributed by atoms with Crippen molar-refractivity contribution in [3.8, 4) is 0 Å². The van der Waals surface area contributed by atoms with Crippen LogP contribution in [0.3, 0.4) is 0 Å². The molecule has 9 nitrogen and oxygen atoms in total. The third-order valence-corrected chi connectivity index (χ3v) is 7.77. The lowest BCUT2D eigenvalue weighted by Gasteiger charge is -2.55. The summed E-state index contributed by atoms with van der Waals surface area (Å²) in [6.45, 7) is 2.16. The second-order valence-corrected chi connectivity index (χ2v) is 10.2. The second-order valence-electron chi connectivity index (χ2n) is 10.2. The van der Waals surface area contributed by atoms with E-state index in [1.807, 2.05) is 19.1 Å². The summed E-state index contributed by atoms with van der Waals surface area (Å²) in [6, 6.07) is 0. The molecule has 196 valence electrons. The van der Waals surface area contributed by atoms with Crippen LogP contribution in [-0.4, -0.2) is 74.3 Å². The van der Waals surface area contributed by atoms with Gasteiger partial charge in [-0.2, -0.15) is 0 Å². The maximum atomic E-state index is 12.9. The Morgan fingerprint density at radius 2 is 1.91 bits per heavy atom. The van der Waals surface area contributed by atoms with Crippen molar-refractivity contribution in [2.75, 3.05) is 6.54 Å². The summed E-state index contributed by atoms with van der Waals surface area (Å²) < 4.78 is 5.89. The molecule has 0 aromatic rings. The van der Waals surface area contributed by atoms with Gasteiger partial charge < -0.3 is 25.2 Å². The summed E-state index contributed by atoms with van der Waals surface area (Å²) in [4.78, 5) is 40.6. The first kappa shape index (κ1) is 27.6. The molecule has 1 aliphatic carbocycles. The van der Waals surface area contributed by atoms with E-state index in [1.54, 1.807) is 0 Å². The Morgan fingerprint density at radius 1 is 1.20 bits per heavy atom. The standard InChI is InChI=1S/C26H39NO8/c1-2-3-7-10-17-20(13-19(29)18(28)11-8-5-4-6-9-12-24(32)33)35-26(34)16-25(17)21(14-22(26)30)27-15-23(25)31/h3,7,17-18,20,23,28,31,34H,2,4-6,8-16H2,1H3,(H,32,33)/t17-,18+,20-,23-,25?,26-/m0/s1. The summed E-state index contributed by atoms with van der Waals surface area (Å²) in [7, 11) is 0. The molecule has 0 radical (unpaired) electrons. The average molecular weight is 494 g/mol. The molecule has 9 heteroatoms. The number of nitrogens with zero attached hydrogens (tertiary/aromatic N) is 1. The minimum Gasteiger partial charge on any atom is -0.481 e. The molecule has 1 saturated heterocycles. The van der Waals surface area contributed by atoms with Gasteiger partial charge in [0.15, 0.2) is 11.6 Å². The minimum atomic E-state index is -2.07. The quantitative estimate of drug-likeness (QED) is 0.212. The third kappa shape index (κ3) is 6.07. The lowest BCUT2D eigenvalue weighted by molar-refractivity contribution is -0.285. The number of unbranched alkanes of at least 4 members (excludes halogenated alkanes) is 4. The van der Waals surface area contributed by atoms with E-state index in [9.17, 15) is 29.7 Å². The molecular weight excluding hydrogens is 454 g/mol. The summed E-state index contributed by atoms with van der Waals surface area (Å²) in [5.41, 5.74) is -0.344. The highest BCUT2D eigenvalue weighted by Crippen LogP contribution is 2.56. The molecule has 1 spiro atoms. The van der Waals surface area contributed by atoms with Crippen LogP contribution < -0.4 is 0 Å². The highest BCUT2D eigenvalue weighted by molar-refractivity contribution is 6.11. The summed E-state index contributed by atoms with van der Waals surface area (Å²) in [5, 5.41) is 41.2. The maximum absolute atomic E-state index is 12.9. The number of aliphatic imine (C=N–C) groups is 1. The first-order valence-electron chi connectivity index (χ1n) is 12.9. The second kappa shape index (κ2) is 11.9. The molecule has 0 aromatic carbocycles. The molecule has 3 aliphatic rings. The molecule has 2 heterocycles. The van der Waals surface area contributed by atoms with Crippen LogP contribution in [0.15, 0.2) is 17.1 Å². The van der Waals surface area contributed by atoms with Crippen LogP contribution in [0.25, 0.3) is 0 Å². The van der Waals surface area contributed by atoms with E-state index in [2.05, 4.69) is 4.99 Å². The van der Waals surface area contributed by atoms with Gasteiger partial charge in [0.25, 0.3) is 0 Å². The number of carbonyl (C=O) groups is 3. The van der Waals surface area contributed by atoms with Gasteiger partial charge in [-0.1, -0.05) is 44.8 Å². The van der Waals surface area contributed by atoms with Crippen molar-refractivity contribution in [1.82, 2.24) is 0 Å². The number of fused-ring (bicyclic) bond motifs is 1. The van der Waals surface area contributed by atoms with Crippen molar-refractivity contribution in [1.29, 1.82) is 0 Å². The normalized spacial score (nSPS) is 33.0. The highest BCUT2D eigenvalue weighted by atomic mass is 16.6. The number of aliphatic hydroxyl groups is 3. The number of aliphatic carboxylic acids is 1. The maximum Gasteiger partial charge on any atom is 0.303 e. The van der Waals surface area contributed by atoms with Gasteiger partial charge >= 0.3 is 5.97 Å². The number of allylic oxidation sites excluding steroid dienone is 2. The number of Topliss-reactive ketones (excluding diaryl/α,β-unsaturated/α-hetero) is 2. The zero-order valence-corrected chi connectivity index (χ0v) is 20.5. The van der Waals surface area contributed by atoms with Crippen LogP contribution in [0.1, 0.15) is 84.0 Å². The largest absolute Gasteiger partial charge is 0.481 e. The molecule has 3 rings (SSSR count). The summed E-state index contributed by atoms with van der Waals surface area (Å²) in [5.74, 6) is -4.16. The zero-order valence-electron chi connectivity index (χ0n) is 20.5. The van der Waals surface area contributed by atoms with E-state index in [0.29, 0.717) is 25.0 Å². The van der Waals surface area contributed by atoms with Gasteiger partial charge in [0.05, 0.1) is 25.2 Å². The Balaban J connectivity index is 1.65. The topological polar surface area (TPSA) is 154 Å². The van der Waals surface area contributed by atoms with E-state index in [0.717, 1.165) is 25.7 Å². The third-order valence-electron chi connectivity index (χ3n) is 7.77. The number of carboxylic acids is 1. The van der Waals surface area contributed by atoms with Crippen molar-refractivity contribution < 1.29 is 39.5 Å². The van der Waals surface area contributed by atoms with Gasteiger partial charge in [-0.15, -0.1) is 0 Å². The van der Waals surface area contributed by atoms with Crippen LogP contribution in [-0.2, 0) is 19.1 Å². The number of ether oxygens (including phenoxy) is 1. The van der Waals surface area contributed by atoms with E-state index in [1.165, 1.54) is 0 Å². The van der Waals surface area contributed by atoms with E-state index >= 15 is 0 Å². The zero-order chi connectivity index (χ0) is 25.6.